The molecule has 2 rings (SSSR count). The molecule has 0 heterocycles. The van der Waals surface area contributed by atoms with Crippen molar-refractivity contribution in [3.63, 3.8) is 0 Å². The number of ether oxygens (including phenoxy) is 1. The van der Waals surface area contributed by atoms with Crippen LogP contribution < -0.4 is 10.1 Å². The molecular formula is C19H22N2O3. The zero-order valence-electron chi connectivity index (χ0n) is 14.4. The molecule has 5 heteroatoms. The molecule has 0 aliphatic heterocycles. The van der Waals surface area contributed by atoms with Crippen LogP contribution in [0.25, 0.3) is 0 Å². The van der Waals surface area contributed by atoms with Crippen LogP contribution in [0.4, 0.5) is 0 Å². The molecule has 0 saturated carbocycles. The lowest BCUT2D eigenvalue weighted by Gasteiger charge is -2.13. The maximum Gasteiger partial charge on any atom is 0.273 e. The number of oxime groups is 1. The summed E-state index contributed by atoms with van der Waals surface area (Å²) in [6.45, 7) is 4.36. The lowest BCUT2D eigenvalue weighted by atomic mass is 10.0. The largest absolute Gasteiger partial charge is 0.489 e. The molecule has 0 saturated heterocycles. The number of amides is 1. The van der Waals surface area contributed by atoms with E-state index in [1.807, 2.05) is 56.3 Å². The lowest BCUT2D eigenvalue weighted by Crippen LogP contribution is -2.29. The molecule has 126 valence electrons. The average Bonchev–Trinajstić information content (AvgIpc) is 2.60. The van der Waals surface area contributed by atoms with Gasteiger partial charge >= 0.3 is 0 Å². The summed E-state index contributed by atoms with van der Waals surface area (Å²) in [6, 6.07) is 13.6. The second kappa shape index (κ2) is 8.15. The Kier molecular flexibility index (Phi) is 5.95. The molecule has 0 atom stereocenters. The van der Waals surface area contributed by atoms with E-state index in [0.29, 0.717) is 12.2 Å². The predicted molar refractivity (Wildman–Crippen MR) is 94.3 cm³/mol. The van der Waals surface area contributed by atoms with E-state index in [2.05, 4.69) is 10.5 Å². The van der Waals surface area contributed by atoms with Gasteiger partial charge in [-0.2, -0.15) is 0 Å². The van der Waals surface area contributed by atoms with Gasteiger partial charge in [0, 0.05) is 12.6 Å². The van der Waals surface area contributed by atoms with Crippen LogP contribution in [-0.2, 0) is 16.2 Å². The van der Waals surface area contributed by atoms with Gasteiger partial charge in [0.15, 0.2) is 5.71 Å². The highest BCUT2D eigenvalue weighted by molar-refractivity contribution is 6.45. The van der Waals surface area contributed by atoms with Crippen LogP contribution in [0.15, 0.2) is 47.6 Å². The number of benzene rings is 2. The monoisotopic (exact) mass is 326 g/mol. The first-order valence-corrected chi connectivity index (χ1v) is 7.68. The molecule has 0 bridgehead atoms. The van der Waals surface area contributed by atoms with Crippen LogP contribution in [0.3, 0.4) is 0 Å². The maximum atomic E-state index is 12.1. The summed E-state index contributed by atoms with van der Waals surface area (Å²) < 4.78 is 5.96. The Labute approximate surface area is 142 Å². The molecule has 0 unspecified atom stereocenters. The maximum absolute atomic E-state index is 12.1. The van der Waals surface area contributed by atoms with E-state index in [0.717, 1.165) is 22.4 Å². The highest BCUT2D eigenvalue weighted by Gasteiger charge is 2.17. The van der Waals surface area contributed by atoms with Crippen molar-refractivity contribution < 1.29 is 14.4 Å². The zero-order chi connectivity index (χ0) is 17.5. The molecule has 0 aromatic heterocycles. The fourth-order valence-electron chi connectivity index (χ4n) is 2.32. The highest BCUT2D eigenvalue weighted by atomic mass is 16.6. The molecule has 2 aromatic carbocycles. The van der Waals surface area contributed by atoms with Gasteiger partial charge in [0.25, 0.3) is 5.91 Å². The summed E-state index contributed by atoms with van der Waals surface area (Å²) in [5.74, 6) is 0.519. The normalized spacial score (nSPS) is 11.1. The van der Waals surface area contributed by atoms with Gasteiger partial charge in [0.1, 0.15) is 19.5 Å². The minimum Gasteiger partial charge on any atom is -0.489 e. The topological polar surface area (TPSA) is 59.9 Å². The SMILES string of the molecule is CNC(=O)C(=NOC)c1ccccc1COc1cc(C)ccc1C. The average molecular weight is 326 g/mol. The van der Waals surface area contributed by atoms with E-state index < -0.39 is 0 Å². The summed E-state index contributed by atoms with van der Waals surface area (Å²) in [5, 5.41) is 6.44. The quantitative estimate of drug-likeness (QED) is 0.656. The molecule has 24 heavy (non-hydrogen) atoms. The fourth-order valence-corrected chi connectivity index (χ4v) is 2.32. The van der Waals surface area contributed by atoms with E-state index in [4.69, 9.17) is 9.57 Å². The first kappa shape index (κ1) is 17.5. The minimum absolute atomic E-state index is 0.222. The van der Waals surface area contributed by atoms with E-state index >= 15 is 0 Å². The number of likely N-dealkylation sites (N-methyl/N-ethyl adjacent to an activating group) is 1. The van der Waals surface area contributed by atoms with Crippen molar-refractivity contribution in [2.24, 2.45) is 5.16 Å². The van der Waals surface area contributed by atoms with E-state index in [9.17, 15) is 4.79 Å². The number of hydrogen-bond donors (Lipinski definition) is 1. The van der Waals surface area contributed by atoms with Crippen molar-refractivity contribution in [3.05, 3.63) is 64.7 Å². The smallest absolute Gasteiger partial charge is 0.273 e. The van der Waals surface area contributed by atoms with Gasteiger partial charge in [-0.25, -0.2) is 0 Å². The molecule has 0 aliphatic carbocycles. The Morgan fingerprint density at radius 3 is 2.62 bits per heavy atom. The van der Waals surface area contributed by atoms with Gasteiger partial charge in [0.2, 0.25) is 0 Å². The Morgan fingerprint density at radius 2 is 1.92 bits per heavy atom. The van der Waals surface area contributed by atoms with Gasteiger partial charge in [-0.05, 0) is 36.6 Å². The Bertz CT molecular complexity index is 754. The molecule has 0 spiro atoms. The van der Waals surface area contributed by atoms with Crippen molar-refractivity contribution in [3.8, 4) is 5.75 Å². The molecule has 2 aromatic rings. The first-order chi connectivity index (χ1) is 11.6. The number of hydrogen-bond acceptors (Lipinski definition) is 4. The van der Waals surface area contributed by atoms with Crippen LogP contribution >= 0.6 is 0 Å². The van der Waals surface area contributed by atoms with E-state index in [1.54, 1.807) is 7.05 Å². The third-order valence-corrected chi connectivity index (χ3v) is 3.62. The minimum atomic E-state index is -0.309. The fraction of sp³-hybridized carbons (Fsp3) is 0.263. The Morgan fingerprint density at radius 1 is 1.17 bits per heavy atom. The number of carbonyl (C=O) groups excluding carboxylic acids is 1. The van der Waals surface area contributed by atoms with Gasteiger partial charge < -0.3 is 14.9 Å². The van der Waals surface area contributed by atoms with Crippen LogP contribution in [0, 0.1) is 13.8 Å². The second-order valence-electron chi connectivity index (χ2n) is 5.42. The Balaban J connectivity index is 2.30. The van der Waals surface area contributed by atoms with Crippen LogP contribution in [0.5, 0.6) is 5.75 Å². The number of rotatable bonds is 6. The second-order valence-corrected chi connectivity index (χ2v) is 5.42. The molecular weight excluding hydrogens is 304 g/mol. The molecule has 5 nitrogen and oxygen atoms in total. The first-order valence-electron chi connectivity index (χ1n) is 7.68. The van der Waals surface area contributed by atoms with Crippen molar-refractivity contribution in [2.45, 2.75) is 20.5 Å². The zero-order valence-corrected chi connectivity index (χ0v) is 14.4. The summed E-state index contributed by atoms with van der Waals surface area (Å²) in [7, 11) is 2.97. The lowest BCUT2D eigenvalue weighted by molar-refractivity contribution is -0.114. The summed E-state index contributed by atoms with van der Waals surface area (Å²) in [6.07, 6.45) is 0. The highest BCUT2D eigenvalue weighted by Crippen LogP contribution is 2.21. The number of carbonyl (C=O) groups is 1. The molecule has 1 amide bonds. The Hall–Kier alpha value is -2.82. The van der Waals surface area contributed by atoms with Crippen molar-refractivity contribution in [2.75, 3.05) is 14.2 Å². The summed E-state index contributed by atoms with van der Waals surface area (Å²) in [5.41, 5.74) is 3.97. The predicted octanol–water partition coefficient (Wildman–Crippen LogP) is 2.98. The number of nitrogens with zero attached hydrogens (tertiary/aromatic N) is 1. The molecule has 0 fully saturated rings. The van der Waals surface area contributed by atoms with Crippen LogP contribution in [-0.4, -0.2) is 25.8 Å². The van der Waals surface area contributed by atoms with Crippen molar-refractivity contribution in [1.82, 2.24) is 5.32 Å². The molecule has 1 N–H and O–H groups in total. The van der Waals surface area contributed by atoms with Crippen LogP contribution in [0.2, 0.25) is 0 Å². The summed E-state index contributed by atoms with van der Waals surface area (Å²) >= 11 is 0. The third kappa shape index (κ3) is 4.13. The van der Waals surface area contributed by atoms with Gasteiger partial charge in [-0.3, -0.25) is 4.79 Å². The van der Waals surface area contributed by atoms with Gasteiger partial charge in [-0.15, -0.1) is 0 Å². The number of nitrogens with one attached hydrogen (secondary N) is 1. The van der Waals surface area contributed by atoms with Crippen molar-refractivity contribution >= 4 is 11.6 Å². The number of aryl methyl sites for hydroxylation is 2. The van der Waals surface area contributed by atoms with Gasteiger partial charge in [-0.1, -0.05) is 41.6 Å². The van der Waals surface area contributed by atoms with Gasteiger partial charge in [0.05, 0.1) is 0 Å². The van der Waals surface area contributed by atoms with Crippen LogP contribution in [0.1, 0.15) is 22.3 Å². The van der Waals surface area contributed by atoms with E-state index in [-0.39, 0.29) is 11.6 Å². The van der Waals surface area contributed by atoms with Crippen molar-refractivity contribution in [1.29, 1.82) is 0 Å². The molecule has 0 aliphatic rings. The summed E-state index contributed by atoms with van der Waals surface area (Å²) in [4.78, 5) is 16.9. The van der Waals surface area contributed by atoms with E-state index in [1.165, 1.54) is 7.11 Å². The molecule has 0 radical (unpaired) electrons. The third-order valence-electron chi connectivity index (χ3n) is 3.62. The standard InChI is InChI=1S/C19H22N2O3/c1-13-9-10-14(2)17(11-13)24-12-15-7-5-6-8-16(15)18(21-23-4)19(22)20-3/h5-11H,12H2,1-4H3,(H,20,22).